The number of aliphatic carboxylic acids is 1. The van der Waals surface area contributed by atoms with Gasteiger partial charge in [-0.15, -0.1) is 0 Å². The Morgan fingerprint density at radius 3 is 2.67 bits per heavy atom. The molecule has 0 saturated heterocycles. The number of carboxylic acids is 1. The molecule has 152 valence electrons. The number of carbonyl (C=O) groups is 2. The Morgan fingerprint density at radius 2 is 1.93 bits per heavy atom. The van der Waals surface area contributed by atoms with Gasteiger partial charge in [0.05, 0.1) is 6.20 Å². The molecule has 2 heterocycles. The van der Waals surface area contributed by atoms with Gasteiger partial charge in [-0.05, 0) is 30.2 Å². The molecule has 1 aromatic heterocycles. The summed E-state index contributed by atoms with van der Waals surface area (Å²) in [5.74, 6) is -1.96. The van der Waals surface area contributed by atoms with Crippen LogP contribution in [-0.2, 0) is 11.2 Å². The van der Waals surface area contributed by atoms with E-state index in [9.17, 15) is 19.1 Å². The molecule has 0 radical (unpaired) electrons. The zero-order valence-corrected chi connectivity index (χ0v) is 16.1. The normalized spacial score (nSPS) is 15.0. The molecule has 30 heavy (non-hydrogen) atoms. The Balaban J connectivity index is 1.74. The van der Waals surface area contributed by atoms with E-state index in [-0.39, 0.29) is 22.6 Å². The molecule has 4 rings (SSSR count). The zero-order chi connectivity index (χ0) is 21.3. The van der Waals surface area contributed by atoms with Crippen LogP contribution < -0.4 is 10.6 Å². The Morgan fingerprint density at radius 1 is 1.20 bits per heavy atom. The summed E-state index contributed by atoms with van der Waals surface area (Å²) in [5.41, 5.74) is 1.90. The van der Waals surface area contributed by atoms with Crippen molar-refractivity contribution >= 4 is 23.4 Å². The molecule has 8 heteroatoms. The van der Waals surface area contributed by atoms with Crippen molar-refractivity contribution in [1.29, 1.82) is 0 Å². The molecule has 0 aliphatic carbocycles. The molecule has 1 atom stereocenters. The van der Waals surface area contributed by atoms with Gasteiger partial charge < -0.3 is 15.7 Å². The van der Waals surface area contributed by atoms with Crippen molar-refractivity contribution in [2.75, 3.05) is 10.6 Å². The molecule has 1 aliphatic heterocycles. The van der Waals surface area contributed by atoms with Crippen molar-refractivity contribution in [2.45, 2.75) is 19.4 Å². The van der Waals surface area contributed by atoms with E-state index in [1.165, 1.54) is 23.0 Å². The standard InChI is InChI=1S/C22H19FN4O3/c1-2-13-7-3-6-10-17(13)26-21(28)15-12-24-27-19(14-8-4-5-9-16(14)23)11-18(22(29)30)25-20(15)27/h3-12,19,25H,2H2,1H3,(H,26,28)(H,29,30). The number of allylic oxidation sites excluding steroid dienone is 1. The molecule has 0 spiro atoms. The lowest BCUT2D eigenvalue weighted by molar-refractivity contribution is -0.132. The van der Waals surface area contributed by atoms with E-state index in [1.54, 1.807) is 24.3 Å². The predicted molar refractivity (Wildman–Crippen MR) is 110 cm³/mol. The second kappa shape index (κ2) is 7.82. The first-order valence-corrected chi connectivity index (χ1v) is 9.43. The van der Waals surface area contributed by atoms with E-state index in [1.807, 2.05) is 25.1 Å². The average Bonchev–Trinajstić information content (AvgIpc) is 3.18. The van der Waals surface area contributed by atoms with Gasteiger partial charge in [0.25, 0.3) is 5.91 Å². The van der Waals surface area contributed by atoms with Crippen LogP contribution in [0.5, 0.6) is 0 Å². The molecule has 0 bridgehead atoms. The van der Waals surface area contributed by atoms with Crippen molar-refractivity contribution < 1.29 is 19.1 Å². The summed E-state index contributed by atoms with van der Waals surface area (Å²) >= 11 is 0. The quantitative estimate of drug-likeness (QED) is 0.599. The molecule has 1 amide bonds. The summed E-state index contributed by atoms with van der Waals surface area (Å²) in [4.78, 5) is 24.6. The number of aryl methyl sites for hydroxylation is 1. The molecule has 3 aromatic rings. The fourth-order valence-electron chi connectivity index (χ4n) is 3.46. The van der Waals surface area contributed by atoms with Crippen LogP contribution in [-0.4, -0.2) is 26.8 Å². The average molecular weight is 406 g/mol. The zero-order valence-electron chi connectivity index (χ0n) is 16.1. The van der Waals surface area contributed by atoms with Crippen LogP contribution in [0, 0.1) is 5.82 Å². The van der Waals surface area contributed by atoms with E-state index < -0.39 is 23.7 Å². The maximum absolute atomic E-state index is 14.4. The third-order valence-corrected chi connectivity index (χ3v) is 4.98. The van der Waals surface area contributed by atoms with Crippen molar-refractivity contribution in [3.05, 3.63) is 89.0 Å². The number of para-hydroxylation sites is 1. The molecular formula is C22H19FN4O3. The summed E-state index contributed by atoms with van der Waals surface area (Å²) in [7, 11) is 0. The number of anilines is 2. The molecule has 2 aromatic carbocycles. The van der Waals surface area contributed by atoms with Crippen LogP contribution in [0.1, 0.15) is 34.5 Å². The lowest BCUT2D eigenvalue weighted by atomic mass is 10.0. The number of fused-ring (bicyclic) bond motifs is 1. The third-order valence-electron chi connectivity index (χ3n) is 4.98. The smallest absolute Gasteiger partial charge is 0.352 e. The number of carbonyl (C=O) groups excluding carboxylic acids is 1. The highest BCUT2D eigenvalue weighted by molar-refractivity contribution is 6.08. The SMILES string of the molecule is CCc1ccccc1NC(=O)c1cnn2c1NC(C(=O)O)=CC2c1ccccc1F. The van der Waals surface area contributed by atoms with Gasteiger partial charge in [0.2, 0.25) is 0 Å². The minimum absolute atomic E-state index is 0.153. The number of nitrogens with zero attached hydrogens (tertiary/aromatic N) is 2. The van der Waals surface area contributed by atoms with Gasteiger partial charge in [-0.2, -0.15) is 5.10 Å². The summed E-state index contributed by atoms with van der Waals surface area (Å²) in [6.07, 6.45) is 3.45. The summed E-state index contributed by atoms with van der Waals surface area (Å²) in [6.45, 7) is 1.98. The van der Waals surface area contributed by atoms with Crippen molar-refractivity contribution in [3.8, 4) is 0 Å². The lowest BCUT2D eigenvalue weighted by Gasteiger charge is -2.24. The minimum Gasteiger partial charge on any atom is -0.477 e. The molecule has 3 N–H and O–H groups in total. The minimum atomic E-state index is -1.22. The second-order valence-corrected chi connectivity index (χ2v) is 6.79. The molecule has 1 aliphatic rings. The van der Waals surface area contributed by atoms with Gasteiger partial charge >= 0.3 is 5.97 Å². The predicted octanol–water partition coefficient (Wildman–Crippen LogP) is 3.82. The molecule has 1 unspecified atom stereocenters. The van der Waals surface area contributed by atoms with Crippen molar-refractivity contribution in [2.24, 2.45) is 0 Å². The van der Waals surface area contributed by atoms with Gasteiger partial charge in [-0.1, -0.05) is 43.3 Å². The van der Waals surface area contributed by atoms with Crippen molar-refractivity contribution in [3.63, 3.8) is 0 Å². The number of hydrogen-bond donors (Lipinski definition) is 3. The van der Waals surface area contributed by atoms with E-state index in [2.05, 4.69) is 15.7 Å². The third kappa shape index (κ3) is 3.43. The highest BCUT2D eigenvalue weighted by Gasteiger charge is 2.30. The number of hydrogen-bond acceptors (Lipinski definition) is 4. The molecule has 0 saturated carbocycles. The topological polar surface area (TPSA) is 96.3 Å². The maximum atomic E-state index is 14.4. The first kappa shape index (κ1) is 19.4. The van der Waals surface area contributed by atoms with Crippen LogP contribution in [0.2, 0.25) is 0 Å². The first-order chi connectivity index (χ1) is 14.5. The fraction of sp³-hybridized carbons (Fsp3) is 0.136. The Bertz CT molecular complexity index is 1170. The van der Waals surface area contributed by atoms with E-state index in [0.29, 0.717) is 5.69 Å². The van der Waals surface area contributed by atoms with E-state index >= 15 is 0 Å². The van der Waals surface area contributed by atoms with Crippen LogP contribution in [0.25, 0.3) is 0 Å². The van der Waals surface area contributed by atoms with E-state index in [0.717, 1.165) is 12.0 Å². The van der Waals surface area contributed by atoms with Crippen LogP contribution in [0.3, 0.4) is 0 Å². The summed E-state index contributed by atoms with van der Waals surface area (Å²) in [5, 5.41) is 19.3. The van der Waals surface area contributed by atoms with Gasteiger partial charge in [0, 0.05) is 11.3 Å². The van der Waals surface area contributed by atoms with Gasteiger partial charge in [-0.25, -0.2) is 13.9 Å². The lowest BCUT2D eigenvalue weighted by Crippen LogP contribution is -2.26. The Labute approximate surface area is 171 Å². The second-order valence-electron chi connectivity index (χ2n) is 6.79. The van der Waals surface area contributed by atoms with Crippen LogP contribution in [0.4, 0.5) is 15.9 Å². The van der Waals surface area contributed by atoms with Gasteiger partial charge in [0.1, 0.15) is 28.9 Å². The summed E-state index contributed by atoms with van der Waals surface area (Å²) < 4.78 is 15.8. The Kier molecular flexibility index (Phi) is 5.05. The summed E-state index contributed by atoms with van der Waals surface area (Å²) in [6, 6.07) is 12.7. The number of nitrogens with one attached hydrogen (secondary N) is 2. The highest BCUT2D eigenvalue weighted by atomic mass is 19.1. The monoisotopic (exact) mass is 406 g/mol. The number of rotatable bonds is 5. The number of carboxylic acid groups (broad SMARTS) is 1. The van der Waals surface area contributed by atoms with Crippen molar-refractivity contribution in [1.82, 2.24) is 9.78 Å². The first-order valence-electron chi connectivity index (χ1n) is 9.43. The van der Waals surface area contributed by atoms with Crippen LogP contribution >= 0.6 is 0 Å². The molecule has 7 nitrogen and oxygen atoms in total. The highest BCUT2D eigenvalue weighted by Crippen LogP contribution is 2.33. The number of amides is 1. The Hall–Kier alpha value is -3.94. The maximum Gasteiger partial charge on any atom is 0.352 e. The molecule has 0 fully saturated rings. The van der Waals surface area contributed by atoms with Crippen LogP contribution in [0.15, 0.2) is 66.5 Å². The number of halogens is 1. The fourth-order valence-corrected chi connectivity index (χ4v) is 3.46. The molecular weight excluding hydrogens is 387 g/mol. The van der Waals surface area contributed by atoms with E-state index in [4.69, 9.17) is 0 Å². The number of benzene rings is 2. The van der Waals surface area contributed by atoms with Gasteiger partial charge in [-0.3, -0.25) is 4.79 Å². The number of aromatic nitrogens is 2. The van der Waals surface area contributed by atoms with Gasteiger partial charge in [0.15, 0.2) is 0 Å². The largest absolute Gasteiger partial charge is 0.477 e.